The molecule has 3 nitrogen and oxygen atoms in total. The van der Waals surface area contributed by atoms with Crippen molar-refractivity contribution in [3.63, 3.8) is 0 Å². The largest absolute Gasteiger partial charge is 0.336 e. The summed E-state index contributed by atoms with van der Waals surface area (Å²) in [5, 5.41) is 0. The first kappa shape index (κ1) is 9.00. The van der Waals surface area contributed by atoms with Gasteiger partial charge in [-0.3, -0.25) is 0 Å². The maximum absolute atomic E-state index is 5.90. The molecule has 1 aromatic heterocycles. The molecule has 0 aromatic carbocycles. The van der Waals surface area contributed by atoms with Crippen LogP contribution in [0.3, 0.4) is 0 Å². The van der Waals surface area contributed by atoms with E-state index in [9.17, 15) is 0 Å². The Kier molecular flexibility index (Phi) is 2.65. The molecule has 1 aromatic rings. The van der Waals surface area contributed by atoms with Crippen LogP contribution in [0.25, 0.3) is 0 Å². The highest BCUT2D eigenvalue weighted by Gasteiger charge is 2.05. The summed E-state index contributed by atoms with van der Waals surface area (Å²) in [5.41, 5.74) is 8.17. The van der Waals surface area contributed by atoms with Gasteiger partial charge < -0.3 is 10.3 Å². The maximum atomic E-state index is 5.90. The summed E-state index contributed by atoms with van der Waals surface area (Å²) < 4.78 is 1.93. The van der Waals surface area contributed by atoms with Crippen LogP contribution in [0, 0.1) is 0 Å². The fourth-order valence-electron chi connectivity index (χ4n) is 1.13. The molecule has 2 N–H and O–H groups in total. The summed E-state index contributed by atoms with van der Waals surface area (Å²) in [6.45, 7) is 4.08. The smallest absolute Gasteiger partial charge is 0.0946 e. The van der Waals surface area contributed by atoms with Gasteiger partial charge in [-0.05, 0) is 13.8 Å². The van der Waals surface area contributed by atoms with E-state index in [1.165, 1.54) is 5.57 Å². The van der Waals surface area contributed by atoms with Crippen LogP contribution in [0.4, 0.5) is 0 Å². The van der Waals surface area contributed by atoms with E-state index in [1.807, 2.05) is 31.5 Å². The molecule has 0 fully saturated rings. The number of hydrogen-bond donors (Lipinski definition) is 1. The Bertz CT molecular complexity index is 282. The second-order valence-corrected chi connectivity index (χ2v) is 3.20. The summed E-state index contributed by atoms with van der Waals surface area (Å²) in [6.07, 6.45) is 5.58. The third-order valence-corrected chi connectivity index (χ3v) is 1.71. The summed E-state index contributed by atoms with van der Waals surface area (Å²) in [6, 6.07) is -0.0394. The zero-order chi connectivity index (χ0) is 9.14. The molecule has 1 heterocycles. The molecule has 66 valence electrons. The van der Waals surface area contributed by atoms with E-state index in [2.05, 4.69) is 4.98 Å². The third kappa shape index (κ3) is 1.95. The summed E-state index contributed by atoms with van der Waals surface area (Å²) in [7, 11) is 1.95. The van der Waals surface area contributed by atoms with Crippen molar-refractivity contribution in [2.75, 3.05) is 0 Å². The van der Waals surface area contributed by atoms with Gasteiger partial charge >= 0.3 is 0 Å². The Hall–Kier alpha value is -1.09. The predicted octanol–water partition coefficient (Wildman–Crippen LogP) is 1.39. The van der Waals surface area contributed by atoms with Crippen LogP contribution in [0.2, 0.25) is 0 Å². The third-order valence-electron chi connectivity index (χ3n) is 1.71. The quantitative estimate of drug-likeness (QED) is 0.673. The molecule has 0 saturated carbocycles. The van der Waals surface area contributed by atoms with Crippen LogP contribution in [0.5, 0.6) is 0 Å². The van der Waals surface area contributed by atoms with Gasteiger partial charge in [0.05, 0.1) is 24.3 Å². The van der Waals surface area contributed by atoms with Gasteiger partial charge in [0.15, 0.2) is 0 Å². The Labute approximate surface area is 72.9 Å². The maximum Gasteiger partial charge on any atom is 0.0946 e. The molecule has 0 saturated heterocycles. The molecule has 1 unspecified atom stereocenters. The van der Waals surface area contributed by atoms with Gasteiger partial charge in [-0.25, -0.2) is 4.98 Å². The Morgan fingerprint density at radius 3 is 2.75 bits per heavy atom. The fourth-order valence-corrected chi connectivity index (χ4v) is 1.13. The van der Waals surface area contributed by atoms with Crippen molar-refractivity contribution in [1.82, 2.24) is 9.55 Å². The molecule has 0 radical (unpaired) electrons. The lowest BCUT2D eigenvalue weighted by Crippen LogP contribution is -2.11. The van der Waals surface area contributed by atoms with Crippen molar-refractivity contribution >= 4 is 0 Å². The highest BCUT2D eigenvalue weighted by Crippen LogP contribution is 2.11. The molecule has 0 aliphatic heterocycles. The molecule has 1 rings (SSSR count). The SMILES string of the molecule is CC(C)=CC(N)c1cncn1C. The highest BCUT2D eigenvalue weighted by molar-refractivity contribution is 5.13. The van der Waals surface area contributed by atoms with E-state index < -0.39 is 0 Å². The molecule has 0 amide bonds. The standard InChI is InChI=1S/C9H15N3/c1-7(2)4-8(10)9-5-11-6-12(9)3/h4-6,8H,10H2,1-3H3. The molecular weight excluding hydrogens is 150 g/mol. The average molecular weight is 165 g/mol. The lowest BCUT2D eigenvalue weighted by atomic mass is 10.1. The van der Waals surface area contributed by atoms with Crippen LogP contribution >= 0.6 is 0 Å². The van der Waals surface area contributed by atoms with Crippen molar-refractivity contribution in [2.24, 2.45) is 12.8 Å². The van der Waals surface area contributed by atoms with Crippen molar-refractivity contribution < 1.29 is 0 Å². The van der Waals surface area contributed by atoms with Gasteiger partial charge in [-0.15, -0.1) is 0 Å². The number of hydrogen-bond acceptors (Lipinski definition) is 2. The van der Waals surface area contributed by atoms with Gasteiger partial charge in [0.2, 0.25) is 0 Å². The number of aromatic nitrogens is 2. The minimum absolute atomic E-state index is 0.0394. The second-order valence-electron chi connectivity index (χ2n) is 3.20. The number of allylic oxidation sites excluding steroid dienone is 1. The molecule has 0 spiro atoms. The first-order valence-corrected chi connectivity index (χ1v) is 3.98. The van der Waals surface area contributed by atoms with Crippen molar-refractivity contribution in [1.29, 1.82) is 0 Å². The minimum Gasteiger partial charge on any atom is -0.336 e. The van der Waals surface area contributed by atoms with Gasteiger partial charge in [-0.1, -0.05) is 11.6 Å². The lowest BCUT2D eigenvalue weighted by molar-refractivity contribution is 0.759. The fraction of sp³-hybridized carbons (Fsp3) is 0.444. The van der Waals surface area contributed by atoms with Gasteiger partial charge in [0, 0.05) is 7.05 Å². The molecule has 1 atom stereocenters. The molecule has 12 heavy (non-hydrogen) atoms. The number of nitrogens with two attached hydrogens (primary N) is 1. The zero-order valence-electron chi connectivity index (χ0n) is 7.78. The second kappa shape index (κ2) is 3.54. The Morgan fingerprint density at radius 1 is 1.67 bits per heavy atom. The summed E-state index contributed by atoms with van der Waals surface area (Å²) >= 11 is 0. The van der Waals surface area contributed by atoms with E-state index in [-0.39, 0.29) is 6.04 Å². The molecule has 0 bridgehead atoms. The number of rotatable bonds is 2. The molecular formula is C9H15N3. The predicted molar refractivity (Wildman–Crippen MR) is 49.6 cm³/mol. The van der Waals surface area contributed by atoms with Gasteiger partial charge in [-0.2, -0.15) is 0 Å². The van der Waals surface area contributed by atoms with E-state index in [1.54, 1.807) is 12.5 Å². The lowest BCUT2D eigenvalue weighted by Gasteiger charge is -2.07. The van der Waals surface area contributed by atoms with E-state index in [0.29, 0.717) is 0 Å². The first-order valence-electron chi connectivity index (χ1n) is 3.98. The monoisotopic (exact) mass is 165 g/mol. The van der Waals surface area contributed by atoms with Crippen LogP contribution in [0.15, 0.2) is 24.2 Å². The zero-order valence-corrected chi connectivity index (χ0v) is 7.78. The summed E-state index contributed by atoms with van der Waals surface area (Å²) in [5.74, 6) is 0. The van der Waals surface area contributed by atoms with Crippen LogP contribution < -0.4 is 5.73 Å². The van der Waals surface area contributed by atoms with Crippen molar-refractivity contribution in [3.05, 3.63) is 29.9 Å². The number of nitrogens with zero attached hydrogens (tertiary/aromatic N) is 2. The van der Waals surface area contributed by atoms with Gasteiger partial charge in [0.1, 0.15) is 0 Å². The first-order chi connectivity index (χ1) is 5.61. The molecule has 3 heteroatoms. The van der Waals surface area contributed by atoms with Crippen molar-refractivity contribution in [3.8, 4) is 0 Å². The molecule has 0 aliphatic carbocycles. The van der Waals surface area contributed by atoms with E-state index in [4.69, 9.17) is 5.73 Å². The molecule has 0 aliphatic rings. The van der Waals surface area contributed by atoms with Gasteiger partial charge in [0.25, 0.3) is 0 Å². The van der Waals surface area contributed by atoms with E-state index >= 15 is 0 Å². The Morgan fingerprint density at radius 2 is 2.33 bits per heavy atom. The number of imidazole rings is 1. The topological polar surface area (TPSA) is 43.8 Å². The van der Waals surface area contributed by atoms with Crippen molar-refractivity contribution in [2.45, 2.75) is 19.9 Å². The van der Waals surface area contributed by atoms with Crippen LogP contribution in [0.1, 0.15) is 25.6 Å². The Balaban J connectivity index is 2.85. The minimum atomic E-state index is -0.0394. The average Bonchev–Trinajstić information content (AvgIpc) is 2.33. The normalized spacial score (nSPS) is 12.7. The number of aryl methyl sites for hydroxylation is 1. The summed E-state index contributed by atoms with van der Waals surface area (Å²) in [4.78, 5) is 4.00. The highest BCUT2D eigenvalue weighted by atomic mass is 15.0. The van der Waals surface area contributed by atoms with E-state index in [0.717, 1.165) is 5.69 Å². The van der Waals surface area contributed by atoms with Crippen LogP contribution in [-0.2, 0) is 7.05 Å². The van der Waals surface area contributed by atoms with Crippen LogP contribution in [-0.4, -0.2) is 9.55 Å².